The number of aromatic nitrogens is 4. The molecule has 4 heterocycles. The Labute approximate surface area is 340 Å². The first-order valence-electron chi connectivity index (χ1n) is 19.0. The van der Waals surface area contributed by atoms with Crippen molar-refractivity contribution in [2.75, 3.05) is 0 Å². The molecule has 5 nitrogen and oxygen atoms in total. The third-order valence-electron chi connectivity index (χ3n) is 9.90. The molecule has 0 bridgehead atoms. The van der Waals surface area contributed by atoms with Crippen LogP contribution in [0.25, 0.3) is 67.0 Å². The van der Waals surface area contributed by atoms with Crippen molar-refractivity contribution >= 4 is 46.4 Å². The SMILES string of the molecule is CC(C)Cc1cc(-c2[c-]cccc2)ncc1[Si](C)(C)C.Cc1cccc(C)c1-c1ccc2c(n1)oc1c(-c3nc4ccccc4n3C(C)(C)C)[c-]ccc12.[Ir]. The number of imidazole rings is 1. The Hall–Kier alpha value is -4.68. The van der Waals surface area contributed by atoms with Gasteiger partial charge in [-0.1, -0.05) is 86.4 Å². The van der Waals surface area contributed by atoms with Crippen LogP contribution < -0.4 is 5.19 Å². The number of hydrogen-bond acceptors (Lipinski definition) is 4. The number of hydrogen-bond donors (Lipinski definition) is 0. The quantitative estimate of drug-likeness (QED) is 0.123. The van der Waals surface area contributed by atoms with Crippen molar-refractivity contribution in [3.05, 3.63) is 132 Å². The number of pyridine rings is 2. The fraction of sp³-hybridized carbons (Fsp3) is 0.271. The van der Waals surface area contributed by atoms with Crippen LogP contribution in [0.3, 0.4) is 0 Å². The molecule has 7 heteroatoms. The van der Waals surface area contributed by atoms with Gasteiger partial charge in [0.25, 0.3) is 0 Å². The summed E-state index contributed by atoms with van der Waals surface area (Å²) >= 11 is 0. The topological polar surface area (TPSA) is 56.7 Å². The molecule has 4 aromatic heterocycles. The van der Waals surface area contributed by atoms with Crippen molar-refractivity contribution in [3.8, 4) is 33.9 Å². The minimum atomic E-state index is -1.34. The van der Waals surface area contributed by atoms with E-state index in [1.165, 1.54) is 21.9 Å². The van der Waals surface area contributed by atoms with Crippen LogP contribution in [0.1, 0.15) is 51.3 Å². The van der Waals surface area contributed by atoms with E-state index in [9.17, 15) is 0 Å². The van der Waals surface area contributed by atoms with Crippen LogP contribution in [0.4, 0.5) is 0 Å². The smallest absolute Gasteiger partial charge is 0.216 e. The second-order valence-corrected chi connectivity index (χ2v) is 21.8. The largest absolute Gasteiger partial charge is 0.486 e. The van der Waals surface area contributed by atoms with Crippen LogP contribution in [0.15, 0.2) is 108 Å². The van der Waals surface area contributed by atoms with Gasteiger partial charge >= 0.3 is 0 Å². The van der Waals surface area contributed by atoms with Crippen LogP contribution in [-0.2, 0) is 32.1 Å². The zero-order valence-electron chi connectivity index (χ0n) is 33.6. The zero-order valence-corrected chi connectivity index (χ0v) is 37.0. The number of fused-ring (bicyclic) bond motifs is 4. The van der Waals surface area contributed by atoms with E-state index in [4.69, 9.17) is 14.4 Å². The summed E-state index contributed by atoms with van der Waals surface area (Å²) in [4.78, 5) is 14.6. The summed E-state index contributed by atoms with van der Waals surface area (Å²) in [6.07, 6.45) is 3.24. The Morgan fingerprint density at radius 1 is 0.782 bits per heavy atom. The van der Waals surface area contributed by atoms with Crippen molar-refractivity contribution in [2.24, 2.45) is 5.92 Å². The van der Waals surface area contributed by atoms with Gasteiger partial charge in [-0.25, -0.2) is 4.98 Å². The van der Waals surface area contributed by atoms with Crippen molar-refractivity contribution in [3.63, 3.8) is 0 Å². The van der Waals surface area contributed by atoms with E-state index in [1.54, 1.807) is 0 Å². The average molecular weight is 919 g/mol. The van der Waals surface area contributed by atoms with Gasteiger partial charge in [0.1, 0.15) is 0 Å². The molecule has 4 aromatic carbocycles. The molecule has 55 heavy (non-hydrogen) atoms. The van der Waals surface area contributed by atoms with Crippen LogP contribution in [0, 0.1) is 31.9 Å². The molecule has 8 aromatic rings. The number of furan rings is 1. The Bertz CT molecular complexity index is 2590. The molecule has 0 saturated heterocycles. The normalized spacial score (nSPS) is 11.9. The van der Waals surface area contributed by atoms with Crippen molar-refractivity contribution in [1.82, 2.24) is 19.5 Å². The molecule has 0 N–H and O–H groups in total. The van der Waals surface area contributed by atoms with Gasteiger partial charge in [0.15, 0.2) is 0 Å². The van der Waals surface area contributed by atoms with E-state index in [0.29, 0.717) is 11.6 Å². The second-order valence-electron chi connectivity index (χ2n) is 16.8. The van der Waals surface area contributed by atoms with Gasteiger partial charge in [-0.15, -0.1) is 54.1 Å². The van der Waals surface area contributed by atoms with Gasteiger partial charge in [0.05, 0.1) is 36.2 Å². The van der Waals surface area contributed by atoms with Gasteiger partial charge in [0.2, 0.25) is 5.71 Å². The third kappa shape index (κ3) is 8.16. The van der Waals surface area contributed by atoms with E-state index in [1.807, 2.05) is 30.3 Å². The average Bonchev–Trinajstić information content (AvgIpc) is 3.70. The summed E-state index contributed by atoms with van der Waals surface area (Å²) < 4.78 is 8.72. The van der Waals surface area contributed by atoms with Crippen LogP contribution >= 0.6 is 0 Å². The maximum absolute atomic E-state index is 6.45. The molecule has 0 aliphatic carbocycles. The molecule has 0 aliphatic heterocycles. The van der Waals surface area contributed by atoms with E-state index < -0.39 is 8.07 Å². The molecular weight excluding hydrogens is 869 g/mol. The number of aryl methyl sites for hydroxylation is 2. The minimum absolute atomic E-state index is 0. The molecule has 283 valence electrons. The summed E-state index contributed by atoms with van der Waals surface area (Å²) in [5, 5.41) is 3.52. The predicted octanol–water partition coefficient (Wildman–Crippen LogP) is 12.1. The first-order chi connectivity index (χ1) is 25.7. The number of rotatable bonds is 6. The van der Waals surface area contributed by atoms with E-state index in [0.717, 1.165) is 67.7 Å². The van der Waals surface area contributed by atoms with Gasteiger partial charge < -0.3 is 14.0 Å². The molecule has 8 rings (SSSR count). The molecule has 1 radical (unpaired) electrons. The first kappa shape index (κ1) is 40.0. The fourth-order valence-electron chi connectivity index (χ4n) is 7.50. The molecule has 0 spiro atoms. The third-order valence-corrected chi connectivity index (χ3v) is 12.0. The van der Waals surface area contributed by atoms with Crippen molar-refractivity contribution < 1.29 is 24.5 Å². The molecular formula is C48H50IrN4OSi-2. The van der Waals surface area contributed by atoms with Gasteiger partial charge in [-0.2, -0.15) is 0 Å². The second kappa shape index (κ2) is 15.8. The summed E-state index contributed by atoms with van der Waals surface area (Å²) in [6.45, 7) is 22.6. The number of para-hydroxylation sites is 2. The maximum atomic E-state index is 6.45. The minimum Gasteiger partial charge on any atom is -0.486 e. The van der Waals surface area contributed by atoms with Crippen LogP contribution in [0.5, 0.6) is 0 Å². The molecule has 0 amide bonds. The van der Waals surface area contributed by atoms with E-state index in [2.05, 4.69) is 163 Å². The predicted molar refractivity (Wildman–Crippen MR) is 229 cm³/mol. The molecule has 0 fully saturated rings. The molecule has 0 aliphatic rings. The van der Waals surface area contributed by atoms with Gasteiger partial charge in [-0.05, 0) is 93.2 Å². The van der Waals surface area contributed by atoms with Crippen LogP contribution in [0.2, 0.25) is 19.6 Å². The van der Waals surface area contributed by atoms with E-state index in [-0.39, 0.29) is 25.6 Å². The molecule has 0 unspecified atom stereocenters. The zero-order chi connectivity index (χ0) is 38.4. The van der Waals surface area contributed by atoms with Crippen molar-refractivity contribution in [1.29, 1.82) is 0 Å². The first-order valence-corrected chi connectivity index (χ1v) is 22.5. The van der Waals surface area contributed by atoms with E-state index >= 15 is 0 Å². The number of benzene rings is 4. The number of nitrogens with zero attached hydrogens (tertiary/aromatic N) is 4. The summed E-state index contributed by atoms with van der Waals surface area (Å²) in [7, 11) is -1.34. The van der Waals surface area contributed by atoms with Gasteiger partial charge in [-0.3, -0.25) is 4.98 Å². The molecule has 0 atom stereocenters. The Morgan fingerprint density at radius 3 is 2.18 bits per heavy atom. The Kier molecular flexibility index (Phi) is 11.5. The summed E-state index contributed by atoms with van der Waals surface area (Å²) in [6, 6.07) is 39.8. The van der Waals surface area contributed by atoms with Crippen LogP contribution in [-0.4, -0.2) is 27.6 Å². The maximum Gasteiger partial charge on any atom is 0.216 e. The monoisotopic (exact) mass is 919 g/mol. The fourth-order valence-corrected chi connectivity index (χ4v) is 9.09. The van der Waals surface area contributed by atoms with Crippen molar-refractivity contribution in [2.45, 2.75) is 80.1 Å². The Balaban J connectivity index is 0.000000211. The Morgan fingerprint density at radius 2 is 1.51 bits per heavy atom. The molecule has 0 saturated carbocycles. The van der Waals surface area contributed by atoms with Gasteiger partial charge in [0, 0.05) is 42.8 Å². The summed E-state index contributed by atoms with van der Waals surface area (Å²) in [5.41, 5.74) is 12.2. The standard InChI is InChI=1S/C30H26N3O.C18H24NSi.Ir/c1-18-10-8-11-19(2)26(18)24-17-16-21-20-12-9-13-22(27(20)34-29(21)32-24)28-31-23-14-6-7-15-25(23)33(28)30(3,4)5;1-14(2)11-16-12-17(15-9-7-6-8-10-15)19-13-18(16)20(3,4)5;/h6-12,14-17H,1-5H3;6-9,12-14H,11H2,1-5H3;/q2*-1;. The summed E-state index contributed by atoms with van der Waals surface area (Å²) in [5.74, 6) is 1.52.